The van der Waals surface area contributed by atoms with E-state index < -0.39 is 124 Å². The molecule has 0 aromatic heterocycles. The second-order valence-electron chi connectivity index (χ2n) is 17.0. The zero-order valence-electron chi connectivity index (χ0n) is 44.8. The Kier molecular flexibility index (Phi) is 23.2. The number of nitrogens with two attached hydrogens (primary N) is 1. The molecule has 39 nitrogen and oxygen atoms in total. The van der Waals surface area contributed by atoms with Crippen LogP contribution in [0.3, 0.4) is 0 Å². The molecule has 8 rings (SSSR count). The molecule has 0 atom stereocenters. The molecule has 486 valence electrons. The Labute approximate surface area is 532 Å². The smallest absolute Gasteiger partial charge is 0.296 e. The van der Waals surface area contributed by atoms with Gasteiger partial charge in [-0.15, -0.1) is 62.6 Å². The van der Waals surface area contributed by atoms with Gasteiger partial charge >= 0.3 is 0 Å². The molecule has 0 saturated heterocycles. The molecular formula is C45H34N10O29S8. The third kappa shape index (κ3) is 16.2. The van der Waals surface area contributed by atoms with E-state index in [2.05, 4.69) is 88.8 Å². The largest absolute Gasteiger partial charge is 0.505 e. The first-order chi connectivity index (χ1) is 43.8. The van der Waals surface area contributed by atoms with Crippen LogP contribution in [0.15, 0.2) is 165 Å². The van der Waals surface area contributed by atoms with E-state index in [0.717, 1.165) is 42.5 Å². The van der Waals surface area contributed by atoms with Crippen molar-refractivity contribution < 1.29 is 137 Å². The van der Waals surface area contributed by atoms with Gasteiger partial charge in [-0.3, -0.25) is 18.5 Å². The van der Waals surface area contributed by atoms with Crippen LogP contribution in [0, 0.1) is 0 Å². The van der Waals surface area contributed by atoms with Crippen molar-refractivity contribution in [1.29, 1.82) is 0 Å². The topological polar surface area (TPSA) is 580 Å². The van der Waals surface area contributed by atoms with Crippen molar-refractivity contribution in [2.45, 2.75) is 46.1 Å². The predicted octanol–water partition coefficient (Wildman–Crippen LogP) is 13.4. The van der Waals surface area contributed by atoms with E-state index in [1.54, 1.807) is 0 Å². The van der Waals surface area contributed by atoms with Crippen molar-refractivity contribution in [1.82, 2.24) is 0 Å². The molecule has 92 heavy (non-hydrogen) atoms. The molecule has 47 heteroatoms. The van der Waals surface area contributed by atoms with Crippen LogP contribution in [-0.4, -0.2) is 93.5 Å². The van der Waals surface area contributed by atoms with Crippen LogP contribution in [0.4, 0.5) is 56.9 Å². The number of azo groups is 4. The zero-order valence-corrected chi connectivity index (χ0v) is 51.3. The van der Waals surface area contributed by atoms with Gasteiger partial charge in [0, 0.05) is 40.2 Å². The lowest BCUT2D eigenvalue weighted by atomic mass is 10.0. The number of ether oxygens (including phenoxy) is 1. The van der Waals surface area contributed by atoms with Gasteiger partial charge in [-0.2, -0.15) is 25.3 Å². The summed E-state index contributed by atoms with van der Waals surface area (Å²) in [6, 6.07) is 15.1. The number of phenols is 3. The molecule has 0 aliphatic rings. The lowest BCUT2D eigenvalue weighted by Crippen LogP contribution is -2.05. The number of fused-ring (bicyclic) bond motifs is 3. The molecule has 0 aliphatic carbocycles. The van der Waals surface area contributed by atoms with Gasteiger partial charge in [-0.1, -0.05) is 25.2 Å². The van der Waals surface area contributed by atoms with Crippen molar-refractivity contribution in [3.05, 3.63) is 84.9 Å². The summed E-state index contributed by atoms with van der Waals surface area (Å²) < 4.78 is 135. The van der Waals surface area contributed by atoms with E-state index in [-0.39, 0.29) is 112 Å². The number of hydrogen-bond donors (Lipinski definition) is 13. The van der Waals surface area contributed by atoms with Gasteiger partial charge in [0.05, 0.1) is 103 Å². The first-order valence-electron chi connectivity index (χ1n) is 23.5. The van der Waals surface area contributed by atoms with Gasteiger partial charge in [0.25, 0.3) is 30.4 Å². The Bertz CT molecular complexity index is 4690. The highest BCUT2D eigenvalue weighted by atomic mass is 32.2. The minimum Gasteiger partial charge on any atom is -0.505 e. The number of carbonyl (C=O) groups is 1. The SMILES string of the molecule is COc1ccc(N=Nc2c(SOOO)cc3c(SOOO)c(N=Nc4c(SOOO)cc5c(S(=O)(=O)O)cc(N=Nc6cc7c(O)c(N=Nc8ccc(NC(C)=O)cc8SOOO)c(S(=O)(=O)O)cc7cc6SOOO)c(N)c5c4O)ccc3c2O)c(S(=O)(=O)O)c1. The summed E-state index contributed by atoms with van der Waals surface area (Å²) in [6.45, 7) is 1.21. The molecule has 0 saturated carbocycles. The van der Waals surface area contributed by atoms with E-state index in [9.17, 15) is 64.3 Å². The summed E-state index contributed by atoms with van der Waals surface area (Å²) in [6.07, 6.45) is 0. The number of hydrogen-bond acceptors (Lipinski definition) is 40. The van der Waals surface area contributed by atoms with Gasteiger partial charge in [-0.05, 0) is 84.2 Å². The molecule has 0 fully saturated rings. The van der Waals surface area contributed by atoms with Crippen LogP contribution < -0.4 is 15.8 Å². The van der Waals surface area contributed by atoms with E-state index in [1.165, 1.54) is 50.4 Å². The molecule has 0 bridgehead atoms. The number of aromatic hydroxyl groups is 3. The van der Waals surface area contributed by atoms with Gasteiger partial charge in [0.2, 0.25) is 5.91 Å². The fraction of sp³-hybridized carbons (Fsp3) is 0.0444. The second kappa shape index (κ2) is 30.4. The average Bonchev–Trinajstić information content (AvgIpc) is 0.758. The van der Waals surface area contributed by atoms with Crippen LogP contribution in [0.25, 0.3) is 32.3 Å². The van der Waals surface area contributed by atoms with Crippen LogP contribution in [0.2, 0.25) is 0 Å². The number of nitrogen functional groups attached to an aromatic ring is 1. The van der Waals surface area contributed by atoms with E-state index in [1.807, 2.05) is 0 Å². The maximum atomic E-state index is 13.2. The number of carbonyl (C=O) groups excluding carboxylic acids is 1. The van der Waals surface area contributed by atoms with Crippen molar-refractivity contribution in [3.8, 4) is 23.0 Å². The van der Waals surface area contributed by atoms with Crippen molar-refractivity contribution in [2.75, 3.05) is 18.2 Å². The number of amides is 1. The Hall–Kier alpha value is -7.71. The van der Waals surface area contributed by atoms with E-state index in [4.69, 9.17) is 35.8 Å². The van der Waals surface area contributed by atoms with Gasteiger partial charge in [0.15, 0.2) is 17.2 Å². The highest BCUT2D eigenvalue weighted by molar-refractivity contribution is 7.95. The monoisotopic (exact) mass is 1430 g/mol. The molecule has 0 spiro atoms. The van der Waals surface area contributed by atoms with Gasteiger partial charge in [0.1, 0.15) is 65.9 Å². The van der Waals surface area contributed by atoms with Crippen LogP contribution in [0.1, 0.15) is 6.92 Å². The predicted molar refractivity (Wildman–Crippen MR) is 314 cm³/mol. The quantitative estimate of drug-likeness (QED) is 0.00541. The molecule has 0 radical (unpaired) electrons. The first-order valence-corrected chi connectivity index (χ1v) is 31.5. The summed E-state index contributed by atoms with van der Waals surface area (Å²) in [5.41, 5.74) is 2.03. The van der Waals surface area contributed by atoms with Gasteiger partial charge < -0.3 is 31.1 Å². The highest BCUT2D eigenvalue weighted by Gasteiger charge is 2.29. The molecule has 0 aliphatic heterocycles. The maximum Gasteiger partial charge on any atom is 0.296 e. The molecule has 1 amide bonds. The molecule has 14 N–H and O–H groups in total. The minimum absolute atomic E-state index is 0.00111. The molecular weight excluding hydrogens is 1400 g/mol. The summed E-state index contributed by atoms with van der Waals surface area (Å²) in [7, 11) is -14.4. The highest BCUT2D eigenvalue weighted by Crippen LogP contribution is 2.53. The normalized spacial score (nSPS) is 12.5. The Morgan fingerprint density at radius 2 is 0.946 bits per heavy atom. The number of methoxy groups -OCH3 is 1. The fourth-order valence-electron chi connectivity index (χ4n) is 8.01. The van der Waals surface area contributed by atoms with Crippen LogP contribution in [0.5, 0.6) is 23.0 Å². The Balaban J connectivity index is 1.28. The maximum absolute atomic E-state index is 13.2. The molecule has 0 heterocycles. The number of nitrogens with zero attached hydrogens (tertiary/aromatic N) is 8. The number of anilines is 2. The standard InChI is InChI=1S/C45H34N10O29S8/c1-17(56)47-19-3-6-25(31(11-19)86-81-76-61)48-55-41-36(92(71,72)73)10-18-9-30(85-80-75-60)28(13-22(18)43(41)58)51-52-29-16-34(90(65,66)67)24-15-33(88-83-78-63)40(44(59)37(24)38(29)46)54-50-27-8-5-21-23(45(27)89-84-79-64)14-32(87-82-77-62)39(42(21)57)53-49-26-7-4-20(74-2)12-35(26)91(68,69)70/h3-16,57-64H,46H2,1-2H3,(H,47,56)(H,65,66,67)(H,68,69,70)(H,71,72,73). The average molecular weight is 1440 g/mol. The third-order valence-electron chi connectivity index (χ3n) is 11.7. The molecule has 0 unspecified atom stereocenters. The van der Waals surface area contributed by atoms with Crippen LogP contribution >= 0.6 is 60.2 Å². The molecule has 8 aromatic carbocycles. The number of phenolic OH excluding ortho intramolecular Hbond substituents is 3. The molecule has 8 aromatic rings. The summed E-state index contributed by atoms with van der Waals surface area (Å²) in [5, 5.41) is 132. The summed E-state index contributed by atoms with van der Waals surface area (Å²) in [4.78, 5) is 7.63. The lowest BCUT2D eigenvalue weighted by Gasteiger charge is -2.15. The first kappa shape index (κ1) is 70.2. The van der Waals surface area contributed by atoms with Crippen molar-refractivity contribution in [3.63, 3.8) is 0 Å². The minimum atomic E-state index is -5.41. The van der Waals surface area contributed by atoms with E-state index in [0.29, 0.717) is 18.1 Å². The summed E-state index contributed by atoms with van der Waals surface area (Å²) >= 11 is 1.01. The van der Waals surface area contributed by atoms with Crippen molar-refractivity contribution >= 4 is 186 Å². The Morgan fingerprint density at radius 1 is 0.457 bits per heavy atom. The summed E-state index contributed by atoms with van der Waals surface area (Å²) in [5.74, 6) is -3.32. The number of nitrogens with one attached hydrogen (secondary N) is 1. The van der Waals surface area contributed by atoms with E-state index >= 15 is 0 Å². The fourth-order valence-corrected chi connectivity index (χ4v) is 12.5. The number of benzene rings is 8. The van der Waals surface area contributed by atoms with Crippen LogP contribution in [-0.2, 0) is 82.0 Å². The van der Waals surface area contributed by atoms with Gasteiger partial charge in [-0.25, -0.2) is 26.3 Å². The van der Waals surface area contributed by atoms with Crippen molar-refractivity contribution in [2.24, 2.45) is 40.9 Å². The Morgan fingerprint density at radius 3 is 1.53 bits per heavy atom. The zero-order chi connectivity index (χ0) is 66.8. The third-order valence-corrected chi connectivity index (χ3v) is 17.6. The second-order valence-corrected chi connectivity index (χ2v) is 24.9. The lowest BCUT2D eigenvalue weighted by molar-refractivity contribution is -0.432. The number of rotatable bonds is 28.